The molecule has 182 valence electrons. The number of hydrogen-bond donors (Lipinski definition) is 2. The summed E-state index contributed by atoms with van der Waals surface area (Å²) in [4.78, 5) is 34.9. The first kappa shape index (κ1) is 23.2. The predicted molar refractivity (Wildman–Crippen MR) is 134 cm³/mol. The summed E-state index contributed by atoms with van der Waals surface area (Å²) in [5, 5.41) is 13.6. The Morgan fingerprint density at radius 1 is 1.14 bits per heavy atom. The van der Waals surface area contributed by atoms with Gasteiger partial charge < -0.3 is 20.1 Å². The van der Waals surface area contributed by atoms with Crippen molar-refractivity contribution in [1.29, 1.82) is 0 Å². The van der Waals surface area contributed by atoms with Gasteiger partial charge in [0.25, 0.3) is 5.91 Å². The van der Waals surface area contributed by atoms with E-state index in [1.807, 2.05) is 19.1 Å². The SMILES string of the molecule is CCN1c2ncc(CCOc3ccc(C(=O)O)c4ccccc34)cc2C(=O)Nc2c(C)cc(F)nc21. The van der Waals surface area contributed by atoms with Crippen molar-refractivity contribution in [2.24, 2.45) is 0 Å². The average Bonchev–Trinajstić information content (AvgIpc) is 2.98. The second kappa shape index (κ2) is 9.26. The fourth-order valence-corrected chi connectivity index (χ4v) is 4.43. The lowest BCUT2D eigenvalue weighted by Crippen LogP contribution is -2.20. The number of pyridine rings is 2. The summed E-state index contributed by atoms with van der Waals surface area (Å²) in [5.41, 5.74) is 2.40. The summed E-state index contributed by atoms with van der Waals surface area (Å²) in [6.07, 6.45) is 2.13. The molecule has 1 aliphatic rings. The third-order valence-corrected chi connectivity index (χ3v) is 6.16. The van der Waals surface area contributed by atoms with Crippen molar-refractivity contribution in [2.75, 3.05) is 23.4 Å². The Morgan fingerprint density at radius 3 is 2.67 bits per heavy atom. The molecule has 0 saturated carbocycles. The second-order valence-electron chi connectivity index (χ2n) is 8.43. The van der Waals surface area contributed by atoms with Crippen molar-refractivity contribution >= 4 is 40.0 Å². The third-order valence-electron chi connectivity index (χ3n) is 6.16. The number of fused-ring (bicyclic) bond motifs is 3. The number of aryl methyl sites for hydroxylation is 1. The van der Waals surface area contributed by atoms with E-state index in [1.165, 1.54) is 12.1 Å². The van der Waals surface area contributed by atoms with E-state index in [9.17, 15) is 19.1 Å². The zero-order chi connectivity index (χ0) is 25.4. The molecule has 3 heterocycles. The molecule has 2 aromatic carbocycles. The van der Waals surface area contributed by atoms with Gasteiger partial charge in [0.15, 0.2) is 5.82 Å². The molecule has 0 atom stereocenters. The maximum Gasteiger partial charge on any atom is 0.336 e. The molecular formula is C27H23FN4O4. The standard InChI is InChI=1S/C27H23FN4O4/c1-3-32-24-20(26(33)31-23-15(2)12-22(28)30-25(23)32)13-16(14-29-24)10-11-36-21-9-8-19(27(34)35)17-6-4-5-7-18(17)21/h4-9,12-14H,3,10-11H2,1-2H3,(H,31,33)(H,34,35). The minimum Gasteiger partial charge on any atom is -0.493 e. The molecule has 0 aliphatic carbocycles. The molecule has 0 bridgehead atoms. The molecule has 0 unspecified atom stereocenters. The van der Waals surface area contributed by atoms with E-state index in [0.29, 0.717) is 64.5 Å². The number of rotatable bonds is 6. The molecule has 2 N–H and O–H groups in total. The number of hydrogen-bond acceptors (Lipinski definition) is 6. The molecule has 5 rings (SSSR count). The molecule has 0 saturated heterocycles. The number of anilines is 3. The van der Waals surface area contributed by atoms with Crippen LogP contribution in [0.2, 0.25) is 0 Å². The van der Waals surface area contributed by atoms with E-state index in [1.54, 1.807) is 42.3 Å². The van der Waals surface area contributed by atoms with E-state index in [0.717, 1.165) is 5.56 Å². The van der Waals surface area contributed by atoms with Gasteiger partial charge in [0.1, 0.15) is 11.6 Å². The average molecular weight is 487 g/mol. The van der Waals surface area contributed by atoms with Crippen LogP contribution in [-0.2, 0) is 6.42 Å². The zero-order valence-electron chi connectivity index (χ0n) is 19.7. The van der Waals surface area contributed by atoms with Crippen LogP contribution in [0.15, 0.2) is 54.7 Å². The summed E-state index contributed by atoms with van der Waals surface area (Å²) in [6, 6.07) is 13.4. The monoisotopic (exact) mass is 486 g/mol. The largest absolute Gasteiger partial charge is 0.493 e. The first-order valence-electron chi connectivity index (χ1n) is 11.5. The number of carbonyl (C=O) groups is 2. The molecule has 0 spiro atoms. The topological polar surface area (TPSA) is 105 Å². The number of aromatic carboxylic acids is 1. The molecule has 4 aromatic rings. The van der Waals surface area contributed by atoms with Gasteiger partial charge in [-0.15, -0.1) is 0 Å². The molecule has 9 heteroatoms. The van der Waals surface area contributed by atoms with Crippen LogP contribution in [-0.4, -0.2) is 40.1 Å². The first-order valence-corrected chi connectivity index (χ1v) is 11.5. The van der Waals surface area contributed by atoms with E-state index in [2.05, 4.69) is 15.3 Å². The maximum absolute atomic E-state index is 14.1. The van der Waals surface area contributed by atoms with E-state index >= 15 is 0 Å². The van der Waals surface area contributed by atoms with Gasteiger partial charge in [-0.3, -0.25) is 4.79 Å². The van der Waals surface area contributed by atoms with Crippen LogP contribution >= 0.6 is 0 Å². The first-order chi connectivity index (χ1) is 17.4. The molecule has 8 nitrogen and oxygen atoms in total. The number of ether oxygens (including phenoxy) is 1. The normalized spacial score (nSPS) is 12.5. The number of nitrogens with zero attached hydrogens (tertiary/aromatic N) is 3. The number of carboxylic acids is 1. The Hall–Kier alpha value is -4.53. The molecule has 0 radical (unpaired) electrons. The number of amides is 1. The quantitative estimate of drug-likeness (QED) is 0.365. The van der Waals surface area contributed by atoms with Crippen LogP contribution in [0.5, 0.6) is 5.75 Å². The number of nitrogens with one attached hydrogen (secondary N) is 1. The number of carboxylic acid groups (broad SMARTS) is 1. The van der Waals surface area contributed by atoms with Crippen LogP contribution in [0.3, 0.4) is 0 Å². The van der Waals surface area contributed by atoms with Crippen molar-refractivity contribution in [2.45, 2.75) is 20.3 Å². The number of aromatic nitrogens is 2. The fourth-order valence-electron chi connectivity index (χ4n) is 4.43. The smallest absolute Gasteiger partial charge is 0.336 e. The summed E-state index contributed by atoms with van der Waals surface area (Å²) >= 11 is 0. The van der Waals surface area contributed by atoms with Gasteiger partial charge in [-0.1, -0.05) is 24.3 Å². The fraction of sp³-hybridized carbons (Fsp3) is 0.185. The Kier molecular flexibility index (Phi) is 5.97. The minimum absolute atomic E-state index is 0.213. The number of benzene rings is 2. The second-order valence-corrected chi connectivity index (χ2v) is 8.43. The van der Waals surface area contributed by atoms with Gasteiger partial charge in [-0.25, -0.2) is 9.78 Å². The third kappa shape index (κ3) is 4.08. The van der Waals surface area contributed by atoms with Crippen molar-refractivity contribution in [3.05, 3.63) is 82.9 Å². The minimum atomic E-state index is -0.997. The van der Waals surface area contributed by atoms with Crippen LogP contribution in [0.1, 0.15) is 38.8 Å². The molecule has 1 aliphatic heterocycles. The van der Waals surface area contributed by atoms with Crippen molar-refractivity contribution < 1.29 is 23.8 Å². The number of halogens is 1. The molecule has 2 aromatic heterocycles. The lowest BCUT2D eigenvalue weighted by atomic mass is 10.0. The summed E-state index contributed by atoms with van der Waals surface area (Å²) in [6.45, 7) is 4.34. The van der Waals surface area contributed by atoms with Crippen molar-refractivity contribution in [3.8, 4) is 5.75 Å². The van der Waals surface area contributed by atoms with Gasteiger partial charge in [0, 0.05) is 24.5 Å². The Labute approximate surface area is 206 Å². The molecular weight excluding hydrogens is 463 g/mol. The van der Waals surface area contributed by atoms with E-state index in [4.69, 9.17) is 4.74 Å². The van der Waals surface area contributed by atoms with E-state index < -0.39 is 11.9 Å². The summed E-state index contributed by atoms with van der Waals surface area (Å²) in [5.74, 6) is -0.659. The molecule has 1 amide bonds. The Morgan fingerprint density at radius 2 is 1.92 bits per heavy atom. The van der Waals surface area contributed by atoms with E-state index in [-0.39, 0.29) is 11.5 Å². The van der Waals surface area contributed by atoms with Crippen LogP contribution in [0.4, 0.5) is 21.7 Å². The summed E-state index contributed by atoms with van der Waals surface area (Å²) < 4.78 is 20.1. The highest BCUT2D eigenvalue weighted by Gasteiger charge is 2.28. The number of carbonyl (C=O) groups excluding carboxylic acids is 1. The van der Waals surface area contributed by atoms with Gasteiger partial charge >= 0.3 is 5.97 Å². The Balaban J connectivity index is 1.40. The van der Waals surface area contributed by atoms with Crippen LogP contribution < -0.4 is 15.0 Å². The van der Waals surface area contributed by atoms with Crippen LogP contribution in [0.25, 0.3) is 10.8 Å². The maximum atomic E-state index is 14.1. The highest BCUT2D eigenvalue weighted by atomic mass is 19.1. The summed E-state index contributed by atoms with van der Waals surface area (Å²) in [7, 11) is 0. The van der Waals surface area contributed by atoms with Crippen LogP contribution in [0, 0.1) is 12.9 Å². The lowest BCUT2D eigenvalue weighted by molar-refractivity contribution is 0.0698. The van der Waals surface area contributed by atoms with Gasteiger partial charge in [-0.2, -0.15) is 9.37 Å². The van der Waals surface area contributed by atoms with Gasteiger partial charge in [0.2, 0.25) is 5.95 Å². The van der Waals surface area contributed by atoms with Crippen molar-refractivity contribution in [1.82, 2.24) is 9.97 Å². The van der Waals surface area contributed by atoms with Gasteiger partial charge in [0.05, 0.1) is 23.4 Å². The zero-order valence-corrected chi connectivity index (χ0v) is 19.7. The highest BCUT2D eigenvalue weighted by molar-refractivity contribution is 6.12. The Bertz CT molecular complexity index is 1520. The lowest BCUT2D eigenvalue weighted by Gasteiger charge is -2.22. The molecule has 0 fully saturated rings. The highest BCUT2D eigenvalue weighted by Crippen LogP contribution is 2.37. The predicted octanol–water partition coefficient (Wildman–Crippen LogP) is 5.12. The van der Waals surface area contributed by atoms with Gasteiger partial charge in [-0.05, 0) is 54.6 Å². The van der Waals surface area contributed by atoms with Crippen molar-refractivity contribution in [3.63, 3.8) is 0 Å². The molecule has 36 heavy (non-hydrogen) atoms.